The van der Waals surface area contributed by atoms with Crippen LogP contribution in [0.3, 0.4) is 0 Å². The molecule has 100 valence electrons. The average Bonchev–Trinajstić information content (AvgIpc) is 2.95. The maximum Gasteiger partial charge on any atom is 0.132 e. The first-order valence-electron chi connectivity index (χ1n) is 5.69. The zero-order valence-electron chi connectivity index (χ0n) is 10.6. The molecular formula is C13H13N7. The van der Waals surface area contributed by atoms with Crippen molar-refractivity contribution in [1.29, 1.82) is 0 Å². The molecule has 7 nitrogen and oxygen atoms in total. The molecule has 0 amide bonds. The van der Waals surface area contributed by atoms with Crippen molar-refractivity contribution in [3.05, 3.63) is 54.6 Å². The van der Waals surface area contributed by atoms with E-state index in [-0.39, 0.29) is 6.15 Å². The van der Waals surface area contributed by atoms with Crippen LogP contribution in [0.5, 0.6) is 0 Å². The summed E-state index contributed by atoms with van der Waals surface area (Å²) >= 11 is 0. The van der Waals surface area contributed by atoms with Crippen LogP contribution in [-0.4, -0.2) is 27.6 Å². The average molecular weight is 267 g/mol. The number of nitrogens with one attached hydrogen (secondary N) is 1. The zero-order chi connectivity index (χ0) is 12.9. The molecule has 3 rings (SSSR count). The van der Waals surface area contributed by atoms with E-state index in [0.29, 0.717) is 5.71 Å². The van der Waals surface area contributed by atoms with Crippen molar-refractivity contribution in [2.24, 2.45) is 15.3 Å². The molecule has 0 aromatic carbocycles. The van der Waals surface area contributed by atoms with Gasteiger partial charge in [0.2, 0.25) is 0 Å². The fraction of sp³-hybridized carbons (Fsp3) is 0. The lowest BCUT2D eigenvalue weighted by molar-refractivity contribution is 1.27. The molecule has 1 aliphatic heterocycles. The Bertz CT molecular complexity index is 647. The Labute approximate surface area is 115 Å². The van der Waals surface area contributed by atoms with Crippen molar-refractivity contribution < 1.29 is 0 Å². The van der Waals surface area contributed by atoms with Crippen LogP contribution in [0, 0.1) is 0 Å². The Kier molecular flexibility index (Phi) is 4.25. The van der Waals surface area contributed by atoms with Gasteiger partial charge in [-0.05, 0) is 24.3 Å². The van der Waals surface area contributed by atoms with Crippen LogP contribution in [0.1, 0.15) is 5.56 Å². The predicted octanol–water partition coefficient (Wildman–Crippen LogP) is 1.90. The molecule has 7 heteroatoms. The third-order valence-electron chi connectivity index (χ3n) is 2.50. The van der Waals surface area contributed by atoms with Crippen molar-refractivity contribution in [3.63, 3.8) is 0 Å². The fourth-order valence-corrected chi connectivity index (χ4v) is 1.60. The number of hydrazone groups is 1. The number of pyridine rings is 2. The molecule has 0 saturated heterocycles. The molecule has 20 heavy (non-hydrogen) atoms. The van der Waals surface area contributed by atoms with Crippen molar-refractivity contribution in [1.82, 2.24) is 16.1 Å². The standard InChI is InChI=1S/C13H10N6.H3N/c1-2-11(8-15-5-1)17-18-12-9-16-19-13(12)10-3-6-14-7-4-10;/h1-9,17H;1H3. The Balaban J connectivity index is 0.00000147. The van der Waals surface area contributed by atoms with Gasteiger partial charge >= 0.3 is 0 Å². The Morgan fingerprint density at radius 1 is 1.00 bits per heavy atom. The van der Waals surface area contributed by atoms with Crippen LogP contribution in [0.4, 0.5) is 5.69 Å². The monoisotopic (exact) mass is 267 g/mol. The number of rotatable bonds is 3. The second kappa shape index (κ2) is 6.30. The smallest absolute Gasteiger partial charge is 0.132 e. The van der Waals surface area contributed by atoms with Crippen LogP contribution in [0.2, 0.25) is 0 Å². The highest BCUT2D eigenvalue weighted by molar-refractivity contribution is 6.67. The lowest BCUT2D eigenvalue weighted by Gasteiger charge is -2.02. The van der Waals surface area contributed by atoms with Crippen molar-refractivity contribution in [2.45, 2.75) is 0 Å². The summed E-state index contributed by atoms with van der Waals surface area (Å²) in [6.07, 6.45) is 8.43. The van der Waals surface area contributed by atoms with Crippen molar-refractivity contribution in [3.8, 4) is 0 Å². The summed E-state index contributed by atoms with van der Waals surface area (Å²) in [6, 6.07) is 7.45. The summed E-state index contributed by atoms with van der Waals surface area (Å²) in [7, 11) is 0. The Morgan fingerprint density at radius 2 is 1.85 bits per heavy atom. The van der Waals surface area contributed by atoms with Crippen molar-refractivity contribution in [2.75, 3.05) is 5.43 Å². The zero-order valence-corrected chi connectivity index (χ0v) is 10.6. The lowest BCUT2D eigenvalue weighted by Crippen LogP contribution is -2.15. The van der Waals surface area contributed by atoms with Gasteiger partial charge in [0.25, 0.3) is 0 Å². The first-order chi connectivity index (χ1) is 9.43. The third kappa shape index (κ3) is 2.90. The minimum absolute atomic E-state index is 0. The van der Waals surface area contributed by atoms with Crippen LogP contribution in [0.25, 0.3) is 0 Å². The summed E-state index contributed by atoms with van der Waals surface area (Å²) < 4.78 is 0. The molecule has 2 aromatic heterocycles. The summed E-state index contributed by atoms with van der Waals surface area (Å²) in [4.78, 5) is 7.98. The van der Waals surface area contributed by atoms with Gasteiger partial charge < -0.3 is 6.15 Å². The van der Waals surface area contributed by atoms with Crippen LogP contribution in [-0.2, 0) is 0 Å². The van der Waals surface area contributed by atoms with E-state index in [1.807, 2.05) is 24.3 Å². The van der Waals surface area contributed by atoms with E-state index in [0.717, 1.165) is 17.0 Å². The highest BCUT2D eigenvalue weighted by Crippen LogP contribution is 2.07. The molecular weight excluding hydrogens is 254 g/mol. The highest BCUT2D eigenvalue weighted by Gasteiger charge is 2.14. The van der Waals surface area contributed by atoms with E-state index < -0.39 is 0 Å². The van der Waals surface area contributed by atoms with Crippen LogP contribution >= 0.6 is 0 Å². The van der Waals surface area contributed by atoms with E-state index in [1.165, 1.54) is 0 Å². The first-order valence-corrected chi connectivity index (χ1v) is 5.69. The van der Waals surface area contributed by atoms with Crippen LogP contribution < -0.4 is 11.6 Å². The fourth-order valence-electron chi connectivity index (χ4n) is 1.60. The van der Waals surface area contributed by atoms with Gasteiger partial charge in [0.1, 0.15) is 11.4 Å². The number of aromatic nitrogens is 2. The SMILES string of the molecule is C1=NN=C(c2ccncc2)C1=NNc1cccnc1.N. The van der Waals surface area contributed by atoms with Gasteiger partial charge in [0, 0.05) is 24.2 Å². The molecule has 1 aliphatic rings. The largest absolute Gasteiger partial charge is 0.344 e. The Hall–Kier alpha value is -2.93. The van der Waals surface area contributed by atoms with Gasteiger partial charge in [-0.1, -0.05) is 0 Å². The van der Waals surface area contributed by atoms with Gasteiger partial charge in [-0.2, -0.15) is 10.2 Å². The first kappa shape index (κ1) is 13.5. The maximum absolute atomic E-state index is 4.28. The summed E-state index contributed by atoms with van der Waals surface area (Å²) in [5.41, 5.74) is 6.06. The number of hydrogen-bond donors (Lipinski definition) is 2. The molecule has 0 aliphatic carbocycles. The number of hydrogen-bond acceptors (Lipinski definition) is 7. The quantitative estimate of drug-likeness (QED) is 0.827. The number of anilines is 1. The third-order valence-corrected chi connectivity index (χ3v) is 2.50. The van der Waals surface area contributed by atoms with E-state index in [1.54, 1.807) is 31.0 Å². The van der Waals surface area contributed by atoms with E-state index in [4.69, 9.17) is 0 Å². The van der Waals surface area contributed by atoms with Crippen molar-refractivity contribution >= 4 is 23.3 Å². The maximum atomic E-state index is 4.28. The minimum atomic E-state index is 0. The molecule has 3 heterocycles. The highest BCUT2D eigenvalue weighted by atomic mass is 15.3. The molecule has 0 bridgehead atoms. The minimum Gasteiger partial charge on any atom is -0.344 e. The van der Waals surface area contributed by atoms with Gasteiger partial charge in [0.15, 0.2) is 0 Å². The van der Waals surface area contributed by atoms with Crippen LogP contribution in [0.15, 0.2) is 64.4 Å². The van der Waals surface area contributed by atoms with E-state index in [2.05, 4.69) is 30.7 Å². The topological polar surface area (TPSA) is 110 Å². The second-order valence-corrected chi connectivity index (χ2v) is 3.78. The molecule has 0 radical (unpaired) electrons. The predicted molar refractivity (Wildman–Crippen MR) is 79.6 cm³/mol. The van der Waals surface area contributed by atoms with Gasteiger partial charge in [-0.3, -0.25) is 15.4 Å². The molecule has 0 saturated carbocycles. The molecule has 4 N–H and O–H groups in total. The van der Waals surface area contributed by atoms with E-state index in [9.17, 15) is 0 Å². The van der Waals surface area contributed by atoms with E-state index >= 15 is 0 Å². The molecule has 0 spiro atoms. The second-order valence-electron chi connectivity index (χ2n) is 3.78. The van der Waals surface area contributed by atoms with Gasteiger partial charge in [0.05, 0.1) is 18.1 Å². The summed E-state index contributed by atoms with van der Waals surface area (Å²) in [5.74, 6) is 0. The summed E-state index contributed by atoms with van der Waals surface area (Å²) in [5, 5.41) is 12.2. The molecule has 2 aromatic rings. The Morgan fingerprint density at radius 3 is 2.60 bits per heavy atom. The van der Waals surface area contributed by atoms with Gasteiger partial charge in [-0.15, -0.1) is 5.10 Å². The summed E-state index contributed by atoms with van der Waals surface area (Å²) in [6.45, 7) is 0. The lowest BCUT2D eigenvalue weighted by atomic mass is 10.1. The molecule has 0 fully saturated rings. The number of nitrogens with zero attached hydrogens (tertiary/aromatic N) is 5. The molecule has 0 unspecified atom stereocenters. The molecule has 0 atom stereocenters. The normalized spacial score (nSPS) is 14.8. The van der Waals surface area contributed by atoms with Gasteiger partial charge in [-0.25, -0.2) is 0 Å².